The molecule has 18 heavy (non-hydrogen) atoms. The summed E-state index contributed by atoms with van der Waals surface area (Å²) in [5.41, 5.74) is 0. The summed E-state index contributed by atoms with van der Waals surface area (Å²) in [5, 5.41) is 8.34. The molecule has 2 aliphatic rings. The normalized spacial score (nSPS) is 20.2. The fourth-order valence-electron chi connectivity index (χ4n) is 2.31. The molecule has 0 saturated heterocycles. The van der Waals surface area contributed by atoms with Gasteiger partial charge in [0.1, 0.15) is 0 Å². The number of hydrogen-bond acceptors (Lipinski definition) is 2. The number of carbonyl (C=O) groups excluding carboxylic acids is 2. The summed E-state index contributed by atoms with van der Waals surface area (Å²) < 4.78 is 0. The summed E-state index contributed by atoms with van der Waals surface area (Å²) in [6, 6.07) is 0.0725. The van der Waals surface area contributed by atoms with Crippen LogP contribution in [0.1, 0.15) is 44.9 Å². The Hall–Kier alpha value is -1.26. The average Bonchev–Trinajstić information content (AvgIpc) is 3.19. The summed E-state index contributed by atoms with van der Waals surface area (Å²) in [6.45, 7) is 0.809. The van der Waals surface area contributed by atoms with Gasteiger partial charge in [0.2, 0.25) is 5.91 Å². The minimum Gasteiger partial charge on any atom is -0.352 e. The van der Waals surface area contributed by atoms with E-state index in [1.165, 1.54) is 32.1 Å². The molecule has 2 rings (SSSR count). The predicted molar refractivity (Wildman–Crippen MR) is 69.1 cm³/mol. The summed E-state index contributed by atoms with van der Waals surface area (Å²) in [4.78, 5) is 23.0. The van der Waals surface area contributed by atoms with Gasteiger partial charge in [-0.2, -0.15) is 0 Å². The van der Waals surface area contributed by atoms with Crippen molar-refractivity contribution in [3.8, 4) is 0 Å². The fraction of sp³-hybridized carbons (Fsp3) is 0.846. The van der Waals surface area contributed by atoms with E-state index in [9.17, 15) is 9.59 Å². The lowest BCUT2D eigenvalue weighted by molar-refractivity contribution is -0.121. The number of hydrogen-bond donors (Lipinski definition) is 3. The van der Waals surface area contributed by atoms with Gasteiger partial charge in [-0.25, -0.2) is 4.79 Å². The van der Waals surface area contributed by atoms with Crippen LogP contribution in [0.15, 0.2) is 0 Å². The summed E-state index contributed by atoms with van der Waals surface area (Å²) >= 11 is 0. The van der Waals surface area contributed by atoms with Crippen LogP contribution in [0, 0.1) is 5.92 Å². The summed E-state index contributed by atoms with van der Waals surface area (Å²) in [6.07, 6.45) is 8.22. The quantitative estimate of drug-likeness (QED) is 0.687. The molecule has 0 aliphatic heterocycles. The molecule has 0 aromatic heterocycles. The van der Waals surface area contributed by atoms with Gasteiger partial charge in [-0.15, -0.1) is 0 Å². The van der Waals surface area contributed by atoms with Crippen LogP contribution in [-0.2, 0) is 4.79 Å². The number of nitrogens with one attached hydrogen (secondary N) is 3. The van der Waals surface area contributed by atoms with Crippen LogP contribution in [0.4, 0.5) is 4.79 Å². The van der Waals surface area contributed by atoms with Crippen molar-refractivity contribution in [3.05, 3.63) is 0 Å². The van der Waals surface area contributed by atoms with E-state index in [-0.39, 0.29) is 18.5 Å². The maximum absolute atomic E-state index is 11.6. The highest BCUT2D eigenvalue weighted by Gasteiger charge is 2.21. The van der Waals surface area contributed by atoms with Crippen LogP contribution in [0.25, 0.3) is 0 Å². The Balaban J connectivity index is 1.53. The van der Waals surface area contributed by atoms with Crippen molar-refractivity contribution in [2.75, 3.05) is 13.1 Å². The zero-order chi connectivity index (χ0) is 12.8. The topological polar surface area (TPSA) is 70.2 Å². The first kappa shape index (κ1) is 13.2. The second-order valence-electron chi connectivity index (χ2n) is 5.41. The molecule has 0 radical (unpaired) electrons. The van der Waals surface area contributed by atoms with E-state index in [1.807, 2.05) is 0 Å². The minimum absolute atomic E-state index is 0.0764. The van der Waals surface area contributed by atoms with Gasteiger partial charge in [0, 0.05) is 12.6 Å². The standard InChI is InChI=1S/C13H23N3O2/c17-12(16-11-4-2-1-3-5-11)9-15-13(18)14-8-10-6-7-10/h10-11H,1-9H2,(H,16,17)(H2,14,15,18). The second kappa shape index (κ2) is 6.61. The Labute approximate surface area is 108 Å². The van der Waals surface area contributed by atoms with Gasteiger partial charge in [-0.3, -0.25) is 4.79 Å². The Kier molecular flexibility index (Phi) is 4.84. The molecule has 0 aromatic rings. The van der Waals surface area contributed by atoms with Gasteiger partial charge in [0.05, 0.1) is 6.54 Å². The van der Waals surface area contributed by atoms with Gasteiger partial charge < -0.3 is 16.0 Å². The molecule has 0 atom stereocenters. The van der Waals surface area contributed by atoms with E-state index in [1.54, 1.807) is 0 Å². The number of carbonyl (C=O) groups is 2. The fourth-order valence-corrected chi connectivity index (χ4v) is 2.31. The highest BCUT2D eigenvalue weighted by atomic mass is 16.2. The monoisotopic (exact) mass is 253 g/mol. The van der Waals surface area contributed by atoms with Gasteiger partial charge in [0.15, 0.2) is 0 Å². The highest BCUT2D eigenvalue weighted by Crippen LogP contribution is 2.27. The smallest absolute Gasteiger partial charge is 0.315 e. The Bertz CT molecular complexity index is 297. The molecule has 102 valence electrons. The van der Waals surface area contributed by atoms with E-state index < -0.39 is 0 Å². The minimum atomic E-state index is -0.235. The summed E-state index contributed by atoms with van der Waals surface area (Å²) in [5.74, 6) is 0.579. The maximum atomic E-state index is 11.6. The molecule has 3 N–H and O–H groups in total. The molecular formula is C13H23N3O2. The highest BCUT2D eigenvalue weighted by molar-refractivity contribution is 5.84. The Morgan fingerprint density at radius 1 is 0.944 bits per heavy atom. The van der Waals surface area contributed by atoms with E-state index in [0.717, 1.165) is 19.4 Å². The molecule has 2 aliphatic carbocycles. The van der Waals surface area contributed by atoms with Gasteiger partial charge in [-0.1, -0.05) is 19.3 Å². The van der Waals surface area contributed by atoms with Crippen LogP contribution >= 0.6 is 0 Å². The largest absolute Gasteiger partial charge is 0.352 e. The molecule has 2 fully saturated rings. The van der Waals surface area contributed by atoms with Crippen LogP contribution in [0.3, 0.4) is 0 Å². The number of amides is 3. The Morgan fingerprint density at radius 2 is 1.67 bits per heavy atom. The molecular weight excluding hydrogens is 230 g/mol. The molecule has 0 aromatic carbocycles. The van der Waals surface area contributed by atoms with Gasteiger partial charge in [0.25, 0.3) is 0 Å². The van der Waals surface area contributed by atoms with Crippen molar-refractivity contribution < 1.29 is 9.59 Å². The van der Waals surface area contributed by atoms with E-state index >= 15 is 0 Å². The van der Waals surface area contributed by atoms with Crippen LogP contribution in [-0.4, -0.2) is 31.1 Å². The van der Waals surface area contributed by atoms with E-state index in [4.69, 9.17) is 0 Å². The van der Waals surface area contributed by atoms with Crippen molar-refractivity contribution >= 4 is 11.9 Å². The van der Waals surface area contributed by atoms with E-state index in [2.05, 4.69) is 16.0 Å². The first-order valence-corrected chi connectivity index (χ1v) is 7.05. The first-order valence-electron chi connectivity index (χ1n) is 7.05. The molecule has 0 bridgehead atoms. The third kappa shape index (κ3) is 4.94. The van der Waals surface area contributed by atoms with Gasteiger partial charge >= 0.3 is 6.03 Å². The predicted octanol–water partition coefficient (Wildman–Crippen LogP) is 1.14. The lowest BCUT2D eigenvalue weighted by Gasteiger charge is -2.22. The third-order valence-electron chi connectivity index (χ3n) is 3.63. The molecule has 5 nitrogen and oxygen atoms in total. The number of urea groups is 1. The van der Waals surface area contributed by atoms with Crippen molar-refractivity contribution in [2.24, 2.45) is 5.92 Å². The van der Waals surface area contributed by atoms with Crippen molar-refractivity contribution in [1.82, 2.24) is 16.0 Å². The molecule has 5 heteroatoms. The third-order valence-corrected chi connectivity index (χ3v) is 3.63. The molecule has 0 unspecified atom stereocenters. The molecule has 2 saturated carbocycles. The van der Waals surface area contributed by atoms with Crippen molar-refractivity contribution in [3.63, 3.8) is 0 Å². The first-order chi connectivity index (χ1) is 8.74. The molecule has 0 heterocycles. The van der Waals surface area contributed by atoms with Crippen LogP contribution < -0.4 is 16.0 Å². The molecule has 3 amide bonds. The second-order valence-corrected chi connectivity index (χ2v) is 5.41. The zero-order valence-electron chi connectivity index (χ0n) is 10.8. The summed E-state index contributed by atoms with van der Waals surface area (Å²) in [7, 11) is 0. The SMILES string of the molecule is O=C(CNC(=O)NCC1CC1)NC1CCCCC1. The maximum Gasteiger partial charge on any atom is 0.315 e. The molecule has 0 spiro atoms. The Morgan fingerprint density at radius 3 is 2.33 bits per heavy atom. The van der Waals surface area contributed by atoms with Crippen LogP contribution in [0.2, 0.25) is 0 Å². The zero-order valence-corrected chi connectivity index (χ0v) is 10.8. The van der Waals surface area contributed by atoms with Crippen molar-refractivity contribution in [2.45, 2.75) is 51.0 Å². The number of rotatable bonds is 5. The average molecular weight is 253 g/mol. The lowest BCUT2D eigenvalue weighted by atomic mass is 9.95. The van der Waals surface area contributed by atoms with Gasteiger partial charge in [-0.05, 0) is 31.6 Å². The lowest BCUT2D eigenvalue weighted by Crippen LogP contribution is -2.45. The van der Waals surface area contributed by atoms with Crippen molar-refractivity contribution in [1.29, 1.82) is 0 Å². The van der Waals surface area contributed by atoms with E-state index in [0.29, 0.717) is 12.0 Å². The van der Waals surface area contributed by atoms with Crippen LogP contribution in [0.5, 0.6) is 0 Å².